The summed E-state index contributed by atoms with van der Waals surface area (Å²) >= 11 is 0. The van der Waals surface area contributed by atoms with E-state index in [0.29, 0.717) is 19.6 Å². The van der Waals surface area contributed by atoms with Gasteiger partial charge < -0.3 is 0 Å². The van der Waals surface area contributed by atoms with Gasteiger partial charge in [-0.2, -0.15) is 15.4 Å². The molecule has 2 N–H and O–H groups in total. The van der Waals surface area contributed by atoms with Crippen molar-refractivity contribution in [3.8, 4) is 0 Å². The second-order valence-electron chi connectivity index (χ2n) is 4.10. The Bertz CT molecular complexity index is 565. The van der Waals surface area contributed by atoms with E-state index in [2.05, 4.69) is 27.5 Å². The molecule has 0 aliphatic heterocycles. The minimum atomic E-state index is 0.0540. The molecule has 100 valence electrons. The lowest BCUT2D eigenvalue weighted by molar-refractivity contribution is -0.114. The van der Waals surface area contributed by atoms with Crippen LogP contribution in [0.15, 0.2) is 30.9 Å². The summed E-state index contributed by atoms with van der Waals surface area (Å²) in [5.41, 5.74) is 5.49. The first-order chi connectivity index (χ1) is 9.29. The maximum atomic E-state index is 11.0. The molecule has 1 aromatic carbocycles. The number of carbonyl (C=O) groups is 1. The number of ketones is 1. The summed E-state index contributed by atoms with van der Waals surface area (Å²) in [6.45, 7) is 4.49. The second kappa shape index (κ2) is 6.77. The highest BCUT2D eigenvalue weighted by Crippen LogP contribution is 2.10. The zero-order valence-electron chi connectivity index (χ0n) is 10.6. The number of nitrogens with zero attached hydrogens (tertiary/aromatic N) is 2. The van der Waals surface area contributed by atoms with E-state index in [9.17, 15) is 4.79 Å². The third-order valence-electron chi connectivity index (χ3n) is 2.65. The van der Waals surface area contributed by atoms with Gasteiger partial charge >= 0.3 is 0 Å². The topological polar surface area (TPSA) is 79.9 Å². The molecular weight excluding hydrogens is 244 g/mol. The Hall–Kier alpha value is -2.05. The van der Waals surface area contributed by atoms with Gasteiger partial charge in [0.15, 0.2) is 5.78 Å². The summed E-state index contributed by atoms with van der Waals surface area (Å²) in [4.78, 5) is 16.3. The highest BCUT2D eigenvalue weighted by Gasteiger charge is 2.00. The smallest absolute Gasteiger partial charge is 0.155 e. The predicted molar refractivity (Wildman–Crippen MR) is 71.1 cm³/mol. The molecule has 2 rings (SSSR count). The zero-order valence-corrected chi connectivity index (χ0v) is 10.6. The van der Waals surface area contributed by atoms with E-state index < -0.39 is 0 Å². The molecule has 0 bridgehead atoms. The van der Waals surface area contributed by atoms with Gasteiger partial charge in [-0.3, -0.25) is 9.63 Å². The highest BCUT2D eigenvalue weighted by atomic mass is 16.6. The first-order valence-corrected chi connectivity index (χ1v) is 6.09. The molecule has 0 spiro atoms. The lowest BCUT2D eigenvalue weighted by Crippen LogP contribution is -2.16. The van der Waals surface area contributed by atoms with Crippen LogP contribution < -0.4 is 5.48 Å². The summed E-state index contributed by atoms with van der Waals surface area (Å²) in [5, 5.41) is 10.5. The molecule has 0 unspecified atom stereocenters. The van der Waals surface area contributed by atoms with Gasteiger partial charge in [0.2, 0.25) is 0 Å². The fraction of sp³-hybridized carbons (Fsp3) is 0.308. The van der Waals surface area contributed by atoms with Crippen LogP contribution >= 0.6 is 0 Å². The third kappa shape index (κ3) is 3.97. The summed E-state index contributed by atoms with van der Waals surface area (Å²) in [6, 6.07) is 5.75. The van der Waals surface area contributed by atoms with E-state index in [1.807, 2.05) is 18.2 Å². The molecule has 0 radical (unpaired) electrons. The predicted octanol–water partition coefficient (Wildman–Crippen LogP) is 1.51. The Labute approximate surface area is 110 Å². The van der Waals surface area contributed by atoms with Gasteiger partial charge in [0, 0.05) is 13.0 Å². The summed E-state index contributed by atoms with van der Waals surface area (Å²) in [5.74, 6) is 0.0540. The van der Waals surface area contributed by atoms with Crippen molar-refractivity contribution < 1.29 is 9.63 Å². The van der Waals surface area contributed by atoms with Crippen molar-refractivity contribution in [3.05, 3.63) is 36.4 Å². The van der Waals surface area contributed by atoms with Crippen molar-refractivity contribution in [1.29, 1.82) is 0 Å². The monoisotopic (exact) mass is 260 g/mol. The lowest BCUT2D eigenvalue weighted by atomic mass is 10.2. The van der Waals surface area contributed by atoms with Crippen LogP contribution in [-0.2, 0) is 16.2 Å². The number of aromatic nitrogens is 3. The molecule has 0 aliphatic carbocycles. The Balaban J connectivity index is 1.68. The van der Waals surface area contributed by atoms with Gasteiger partial charge in [-0.1, -0.05) is 12.6 Å². The lowest BCUT2D eigenvalue weighted by Gasteiger charge is -2.05. The Morgan fingerprint density at radius 3 is 3.11 bits per heavy atom. The number of benzene rings is 1. The van der Waals surface area contributed by atoms with E-state index in [-0.39, 0.29) is 5.78 Å². The zero-order chi connectivity index (χ0) is 13.5. The van der Waals surface area contributed by atoms with Crippen LogP contribution in [0.4, 0.5) is 0 Å². The van der Waals surface area contributed by atoms with Crippen LogP contribution in [0.5, 0.6) is 0 Å². The van der Waals surface area contributed by atoms with E-state index in [1.165, 1.54) is 6.08 Å². The maximum absolute atomic E-state index is 11.0. The van der Waals surface area contributed by atoms with Crippen LogP contribution in [0.1, 0.15) is 18.4 Å². The van der Waals surface area contributed by atoms with Crippen LogP contribution in [0.2, 0.25) is 0 Å². The van der Waals surface area contributed by atoms with E-state index in [1.54, 1.807) is 0 Å². The average molecular weight is 260 g/mol. The summed E-state index contributed by atoms with van der Waals surface area (Å²) in [6.07, 6.45) is 2.56. The quantitative estimate of drug-likeness (QED) is 0.427. The van der Waals surface area contributed by atoms with E-state index >= 15 is 0 Å². The number of rotatable bonds is 8. The number of fused-ring (bicyclic) bond motifs is 1. The largest absolute Gasteiger partial charge is 0.297 e. The van der Waals surface area contributed by atoms with Crippen molar-refractivity contribution >= 4 is 16.8 Å². The number of hydrogen-bond acceptors (Lipinski definition) is 5. The minimum Gasteiger partial charge on any atom is -0.297 e. The van der Waals surface area contributed by atoms with Crippen LogP contribution in [-0.4, -0.2) is 27.7 Å². The van der Waals surface area contributed by atoms with Crippen LogP contribution in [0, 0.1) is 0 Å². The van der Waals surface area contributed by atoms with Crippen molar-refractivity contribution in [1.82, 2.24) is 20.9 Å². The average Bonchev–Trinajstić information content (AvgIpc) is 2.89. The Morgan fingerprint density at radius 1 is 1.42 bits per heavy atom. The van der Waals surface area contributed by atoms with Crippen molar-refractivity contribution in [3.63, 3.8) is 0 Å². The van der Waals surface area contributed by atoms with Crippen LogP contribution in [0.3, 0.4) is 0 Å². The second-order valence-corrected chi connectivity index (χ2v) is 4.10. The first kappa shape index (κ1) is 13.4. The van der Waals surface area contributed by atoms with Gasteiger partial charge in [-0.15, -0.1) is 0 Å². The van der Waals surface area contributed by atoms with E-state index in [0.717, 1.165) is 23.0 Å². The van der Waals surface area contributed by atoms with Crippen molar-refractivity contribution in [2.24, 2.45) is 0 Å². The molecule has 1 heterocycles. The van der Waals surface area contributed by atoms with Crippen molar-refractivity contribution in [2.45, 2.75) is 19.4 Å². The van der Waals surface area contributed by atoms with Crippen LogP contribution in [0.25, 0.3) is 11.0 Å². The van der Waals surface area contributed by atoms with Gasteiger partial charge in [-0.25, -0.2) is 5.48 Å². The van der Waals surface area contributed by atoms with Gasteiger partial charge in [-0.05, 0) is 30.2 Å². The normalized spacial score (nSPS) is 10.7. The SMILES string of the molecule is C=CC(=O)CCCNOCc1ccc2n[nH]nc2c1. The highest BCUT2D eigenvalue weighted by molar-refractivity contribution is 5.88. The molecule has 2 aromatic rings. The summed E-state index contributed by atoms with van der Waals surface area (Å²) in [7, 11) is 0. The molecule has 0 saturated heterocycles. The Morgan fingerprint density at radius 2 is 2.26 bits per heavy atom. The molecule has 0 fully saturated rings. The van der Waals surface area contributed by atoms with Crippen molar-refractivity contribution in [2.75, 3.05) is 6.54 Å². The van der Waals surface area contributed by atoms with Gasteiger partial charge in [0.05, 0.1) is 6.61 Å². The summed E-state index contributed by atoms with van der Waals surface area (Å²) < 4.78 is 0. The molecule has 0 saturated carbocycles. The molecule has 6 nitrogen and oxygen atoms in total. The number of allylic oxidation sites excluding steroid dienone is 1. The first-order valence-electron chi connectivity index (χ1n) is 6.09. The number of aromatic amines is 1. The number of nitrogens with one attached hydrogen (secondary N) is 2. The fourth-order valence-corrected chi connectivity index (χ4v) is 1.62. The molecule has 0 amide bonds. The van der Waals surface area contributed by atoms with Gasteiger partial charge in [0.25, 0.3) is 0 Å². The standard InChI is InChI=1S/C13H16N4O2/c1-2-11(18)4-3-7-14-19-9-10-5-6-12-13(8-10)16-17-15-12/h2,5-6,8,14H,1,3-4,7,9H2,(H,15,16,17). The minimum absolute atomic E-state index is 0.0540. The van der Waals surface area contributed by atoms with Gasteiger partial charge in [0.1, 0.15) is 11.0 Å². The molecule has 6 heteroatoms. The number of carbonyl (C=O) groups excluding carboxylic acids is 1. The third-order valence-corrected chi connectivity index (χ3v) is 2.65. The number of hydroxylamine groups is 1. The maximum Gasteiger partial charge on any atom is 0.155 e. The number of H-pyrrole nitrogens is 1. The molecule has 0 atom stereocenters. The molecular formula is C13H16N4O2. The molecule has 0 aliphatic rings. The van der Waals surface area contributed by atoms with E-state index in [4.69, 9.17) is 4.84 Å². The molecule has 19 heavy (non-hydrogen) atoms. The number of hydrogen-bond donors (Lipinski definition) is 2. The molecule has 1 aromatic heterocycles. The fourth-order valence-electron chi connectivity index (χ4n) is 1.62. The Kier molecular flexibility index (Phi) is 4.77.